The topological polar surface area (TPSA) is 74.1 Å². The second kappa shape index (κ2) is 9.30. The van der Waals surface area contributed by atoms with Crippen LogP contribution in [-0.4, -0.2) is 42.7 Å². The third kappa shape index (κ3) is 4.31. The predicted molar refractivity (Wildman–Crippen MR) is 129 cm³/mol. The van der Waals surface area contributed by atoms with Gasteiger partial charge >= 0.3 is 5.69 Å². The second-order valence-corrected chi connectivity index (χ2v) is 9.00. The van der Waals surface area contributed by atoms with E-state index < -0.39 is 4.92 Å². The van der Waals surface area contributed by atoms with E-state index in [4.69, 9.17) is 25.8 Å². The van der Waals surface area contributed by atoms with Crippen LogP contribution in [0.1, 0.15) is 11.6 Å². The van der Waals surface area contributed by atoms with Gasteiger partial charge in [-0.15, -0.1) is 0 Å². The summed E-state index contributed by atoms with van der Waals surface area (Å²) in [5.74, 6) is 1.53. The van der Waals surface area contributed by atoms with Crippen LogP contribution >= 0.6 is 27.5 Å². The Kier molecular flexibility index (Phi) is 6.25. The Labute approximate surface area is 203 Å². The Morgan fingerprint density at radius 3 is 2.79 bits per heavy atom. The number of nitro groups is 1. The lowest BCUT2D eigenvalue weighted by Gasteiger charge is -2.32. The number of rotatable bonds is 5. The molecule has 5 rings (SSSR count). The third-order valence-corrected chi connectivity index (χ3v) is 6.84. The van der Waals surface area contributed by atoms with Crippen LogP contribution in [0.5, 0.6) is 11.5 Å². The number of hydrogen-bond donors (Lipinski definition) is 0. The molecule has 0 bridgehead atoms. The fraction of sp³-hybridized carbons (Fsp3) is 0.250. The maximum atomic E-state index is 11.6. The highest BCUT2D eigenvalue weighted by Crippen LogP contribution is 2.49. The molecule has 7 nitrogen and oxygen atoms in total. The van der Waals surface area contributed by atoms with Gasteiger partial charge in [-0.2, -0.15) is 0 Å². The average Bonchev–Trinajstić information content (AvgIpc) is 3.18. The first-order valence-electron chi connectivity index (χ1n) is 10.5. The standard InChI is InChI=1S/C24H20BrClN2O5/c25-22-17-4-2-1-3-15(17)5-6-20(22)32-10-7-21-23(27-8-11-31-12-9-27)18-13-16(26)14-19(28(29)30)24(18)33-21/h1-7,13-14,23H,8-12H2. The van der Waals surface area contributed by atoms with Gasteiger partial charge in [0.1, 0.15) is 18.1 Å². The summed E-state index contributed by atoms with van der Waals surface area (Å²) < 4.78 is 18.4. The molecule has 0 amide bonds. The number of nitrogens with zero attached hydrogens (tertiary/aromatic N) is 2. The third-order valence-electron chi connectivity index (χ3n) is 5.81. The van der Waals surface area contributed by atoms with Crippen molar-refractivity contribution in [2.24, 2.45) is 0 Å². The van der Waals surface area contributed by atoms with Crippen molar-refractivity contribution < 1.29 is 19.1 Å². The molecule has 0 radical (unpaired) electrons. The molecule has 170 valence electrons. The van der Waals surface area contributed by atoms with Gasteiger partial charge in [0.25, 0.3) is 0 Å². The molecular formula is C24H20BrClN2O5. The smallest absolute Gasteiger partial charge is 0.313 e. The average molecular weight is 532 g/mol. The summed E-state index contributed by atoms with van der Waals surface area (Å²) in [6.07, 6.45) is 1.83. The van der Waals surface area contributed by atoms with Crippen molar-refractivity contribution in [2.45, 2.75) is 6.04 Å². The van der Waals surface area contributed by atoms with Crippen molar-refractivity contribution in [3.8, 4) is 11.5 Å². The molecule has 0 aliphatic carbocycles. The highest BCUT2D eigenvalue weighted by atomic mass is 79.9. The lowest BCUT2D eigenvalue weighted by atomic mass is 10.0. The number of fused-ring (bicyclic) bond motifs is 2. The van der Waals surface area contributed by atoms with Gasteiger partial charge in [0.2, 0.25) is 5.75 Å². The largest absolute Gasteiger partial charge is 0.488 e. The number of nitro benzene ring substituents is 1. The Morgan fingerprint density at radius 2 is 2.00 bits per heavy atom. The molecule has 33 heavy (non-hydrogen) atoms. The maximum Gasteiger partial charge on any atom is 0.313 e. The van der Waals surface area contributed by atoms with Crippen molar-refractivity contribution in [1.82, 2.24) is 4.90 Å². The zero-order chi connectivity index (χ0) is 22.9. The predicted octanol–water partition coefficient (Wildman–Crippen LogP) is 5.89. The van der Waals surface area contributed by atoms with E-state index in [0.29, 0.717) is 48.4 Å². The molecule has 3 aromatic carbocycles. The molecule has 2 aliphatic rings. The summed E-state index contributed by atoms with van der Waals surface area (Å²) >= 11 is 9.86. The zero-order valence-electron chi connectivity index (χ0n) is 17.5. The number of ether oxygens (including phenoxy) is 3. The fourth-order valence-corrected chi connectivity index (χ4v) is 5.11. The van der Waals surface area contributed by atoms with Gasteiger partial charge in [-0.05, 0) is 44.9 Å². The molecule has 0 saturated carbocycles. The Bertz CT molecular complexity index is 1260. The quantitative estimate of drug-likeness (QED) is 0.302. The molecule has 1 fully saturated rings. The van der Waals surface area contributed by atoms with Crippen molar-refractivity contribution in [3.63, 3.8) is 0 Å². The van der Waals surface area contributed by atoms with E-state index in [-0.39, 0.29) is 24.1 Å². The van der Waals surface area contributed by atoms with Gasteiger partial charge in [-0.3, -0.25) is 15.0 Å². The lowest BCUT2D eigenvalue weighted by Crippen LogP contribution is -2.39. The monoisotopic (exact) mass is 530 g/mol. The van der Waals surface area contributed by atoms with E-state index >= 15 is 0 Å². The van der Waals surface area contributed by atoms with Gasteiger partial charge in [0, 0.05) is 29.7 Å². The molecule has 0 aromatic heterocycles. The first-order valence-corrected chi connectivity index (χ1v) is 11.7. The summed E-state index contributed by atoms with van der Waals surface area (Å²) in [4.78, 5) is 13.4. The summed E-state index contributed by atoms with van der Waals surface area (Å²) in [5, 5.41) is 14.1. The highest BCUT2D eigenvalue weighted by Gasteiger charge is 2.39. The van der Waals surface area contributed by atoms with Crippen LogP contribution in [0.15, 0.2) is 64.8 Å². The number of hydrogen-bond acceptors (Lipinski definition) is 6. The van der Waals surface area contributed by atoms with Crippen LogP contribution in [0.4, 0.5) is 5.69 Å². The van der Waals surface area contributed by atoms with Crippen LogP contribution in [0.2, 0.25) is 5.02 Å². The first-order chi connectivity index (χ1) is 16.0. The number of morpholine rings is 1. The molecule has 3 aromatic rings. The van der Waals surface area contributed by atoms with Crippen LogP contribution < -0.4 is 9.47 Å². The van der Waals surface area contributed by atoms with Gasteiger partial charge in [-0.1, -0.05) is 41.9 Å². The first kappa shape index (κ1) is 22.2. The minimum atomic E-state index is -0.466. The molecule has 1 saturated heterocycles. The summed E-state index contributed by atoms with van der Waals surface area (Å²) in [6.45, 7) is 2.78. The molecule has 0 N–H and O–H groups in total. The molecule has 9 heteroatoms. The summed E-state index contributed by atoms with van der Waals surface area (Å²) in [6, 6.07) is 14.7. The van der Waals surface area contributed by atoms with Crippen molar-refractivity contribution in [2.75, 3.05) is 32.9 Å². The van der Waals surface area contributed by atoms with E-state index in [2.05, 4.69) is 20.8 Å². The van der Waals surface area contributed by atoms with Crippen LogP contribution in [0, 0.1) is 10.1 Å². The van der Waals surface area contributed by atoms with E-state index in [1.54, 1.807) is 6.07 Å². The zero-order valence-corrected chi connectivity index (χ0v) is 19.8. The minimum Gasteiger partial charge on any atom is -0.488 e. The van der Waals surface area contributed by atoms with Crippen LogP contribution in [-0.2, 0) is 4.74 Å². The highest BCUT2D eigenvalue weighted by molar-refractivity contribution is 9.10. The number of halogens is 2. The SMILES string of the molecule is O=[N+]([O-])c1cc(Cl)cc2c1OC(=CCOc1ccc3ccccc3c1Br)C2N1CCOCC1. The van der Waals surface area contributed by atoms with E-state index in [1.807, 2.05) is 42.5 Å². The maximum absolute atomic E-state index is 11.6. The van der Waals surface area contributed by atoms with Crippen molar-refractivity contribution in [1.29, 1.82) is 0 Å². The number of benzene rings is 3. The molecule has 0 spiro atoms. The Morgan fingerprint density at radius 1 is 1.21 bits per heavy atom. The van der Waals surface area contributed by atoms with Gasteiger partial charge in [-0.25, -0.2) is 0 Å². The normalized spacial score (nSPS) is 19.5. The van der Waals surface area contributed by atoms with E-state index in [0.717, 1.165) is 15.2 Å². The molecule has 1 atom stereocenters. The van der Waals surface area contributed by atoms with Gasteiger partial charge in [0.05, 0.1) is 28.7 Å². The summed E-state index contributed by atoms with van der Waals surface area (Å²) in [7, 11) is 0. The van der Waals surface area contributed by atoms with Crippen molar-refractivity contribution >= 4 is 44.0 Å². The molecule has 1 unspecified atom stereocenters. The van der Waals surface area contributed by atoms with Gasteiger partial charge in [0.15, 0.2) is 0 Å². The van der Waals surface area contributed by atoms with E-state index in [9.17, 15) is 10.1 Å². The van der Waals surface area contributed by atoms with Crippen LogP contribution in [0.25, 0.3) is 10.8 Å². The molecule has 2 aliphatic heterocycles. The molecular weight excluding hydrogens is 512 g/mol. The van der Waals surface area contributed by atoms with Crippen molar-refractivity contribution in [3.05, 3.63) is 85.5 Å². The van der Waals surface area contributed by atoms with E-state index in [1.165, 1.54) is 6.07 Å². The fourth-order valence-electron chi connectivity index (χ4n) is 4.28. The van der Waals surface area contributed by atoms with Crippen LogP contribution in [0.3, 0.4) is 0 Å². The summed E-state index contributed by atoms with van der Waals surface area (Å²) in [5.41, 5.74) is 0.548. The lowest BCUT2D eigenvalue weighted by molar-refractivity contribution is -0.385. The molecule has 2 heterocycles. The second-order valence-electron chi connectivity index (χ2n) is 7.77. The minimum absolute atomic E-state index is 0.141. The van der Waals surface area contributed by atoms with Gasteiger partial charge < -0.3 is 14.2 Å². The Hall–Kier alpha value is -2.65. The Balaban J connectivity index is 1.45.